The molecule has 1 N–H and O–H groups in total. The SMILES string of the molecule is CCOc1ccc(-c2nc(-c3cccc(NC(=O)c4cccnc4)c3)no2)cc1. The molecule has 4 rings (SSSR count). The number of nitrogens with zero attached hydrogens (tertiary/aromatic N) is 3. The van der Waals surface area contributed by atoms with Gasteiger partial charge in [-0.25, -0.2) is 0 Å². The predicted molar refractivity (Wildman–Crippen MR) is 109 cm³/mol. The van der Waals surface area contributed by atoms with E-state index in [0.29, 0.717) is 29.6 Å². The molecule has 0 aliphatic heterocycles. The van der Waals surface area contributed by atoms with Crippen LogP contribution in [0.25, 0.3) is 22.8 Å². The van der Waals surface area contributed by atoms with Gasteiger partial charge in [0.1, 0.15) is 5.75 Å². The Morgan fingerprint density at radius 1 is 1.07 bits per heavy atom. The van der Waals surface area contributed by atoms with Gasteiger partial charge < -0.3 is 14.6 Å². The minimum absolute atomic E-state index is 0.238. The van der Waals surface area contributed by atoms with Crippen LogP contribution in [0.5, 0.6) is 5.75 Å². The molecule has 0 fully saturated rings. The zero-order valence-electron chi connectivity index (χ0n) is 15.7. The number of pyridine rings is 1. The van der Waals surface area contributed by atoms with Crippen molar-refractivity contribution in [3.05, 3.63) is 78.6 Å². The minimum Gasteiger partial charge on any atom is -0.494 e. The second-order valence-electron chi connectivity index (χ2n) is 6.16. The molecular formula is C22H18N4O3. The van der Waals surface area contributed by atoms with Crippen LogP contribution in [0.1, 0.15) is 17.3 Å². The van der Waals surface area contributed by atoms with Crippen LogP contribution in [0, 0.1) is 0 Å². The average molecular weight is 386 g/mol. The molecule has 29 heavy (non-hydrogen) atoms. The Bertz CT molecular complexity index is 1110. The number of amides is 1. The largest absolute Gasteiger partial charge is 0.494 e. The standard InChI is InChI=1S/C22H18N4O3/c1-2-28-19-10-8-15(9-11-19)22-25-20(26-29-22)16-5-3-7-18(13-16)24-21(27)17-6-4-12-23-14-17/h3-14H,2H2,1H3,(H,24,27). The molecule has 0 aliphatic rings. The lowest BCUT2D eigenvalue weighted by atomic mass is 10.1. The van der Waals surface area contributed by atoms with Crippen molar-refractivity contribution in [2.45, 2.75) is 6.92 Å². The molecule has 7 nitrogen and oxygen atoms in total. The van der Waals surface area contributed by atoms with Crippen LogP contribution >= 0.6 is 0 Å². The van der Waals surface area contributed by atoms with Crippen molar-refractivity contribution in [1.82, 2.24) is 15.1 Å². The van der Waals surface area contributed by atoms with Gasteiger partial charge in [-0.2, -0.15) is 4.98 Å². The molecule has 0 spiro atoms. The van der Waals surface area contributed by atoms with Gasteiger partial charge in [-0.1, -0.05) is 17.3 Å². The normalized spacial score (nSPS) is 10.5. The number of hydrogen-bond acceptors (Lipinski definition) is 6. The van der Waals surface area contributed by atoms with E-state index in [1.54, 1.807) is 30.5 Å². The third-order valence-corrected chi connectivity index (χ3v) is 4.14. The average Bonchev–Trinajstić information content (AvgIpc) is 3.26. The summed E-state index contributed by atoms with van der Waals surface area (Å²) in [6, 6.07) is 18.1. The quantitative estimate of drug-likeness (QED) is 0.526. The van der Waals surface area contributed by atoms with E-state index in [2.05, 4.69) is 20.4 Å². The summed E-state index contributed by atoms with van der Waals surface area (Å²) in [5, 5.41) is 6.91. The van der Waals surface area contributed by atoms with Crippen molar-refractivity contribution in [2.75, 3.05) is 11.9 Å². The van der Waals surface area contributed by atoms with Crippen molar-refractivity contribution >= 4 is 11.6 Å². The lowest BCUT2D eigenvalue weighted by molar-refractivity contribution is 0.102. The third-order valence-electron chi connectivity index (χ3n) is 4.14. The number of hydrogen-bond donors (Lipinski definition) is 1. The first kappa shape index (κ1) is 18.4. The monoisotopic (exact) mass is 386 g/mol. The number of carbonyl (C=O) groups is 1. The number of aromatic nitrogens is 3. The topological polar surface area (TPSA) is 90.1 Å². The van der Waals surface area contributed by atoms with E-state index in [9.17, 15) is 4.79 Å². The first-order chi connectivity index (χ1) is 14.2. The van der Waals surface area contributed by atoms with Crippen LogP contribution < -0.4 is 10.1 Å². The molecule has 0 aliphatic carbocycles. The van der Waals surface area contributed by atoms with Crippen LogP contribution in [0.4, 0.5) is 5.69 Å². The van der Waals surface area contributed by atoms with Crippen molar-refractivity contribution < 1.29 is 14.1 Å². The Labute approximate surface area is 167 Å². The van der Waals surface area contributed by atoms with E-state index in [0.717, 1.165) is 16.9 Å². The summed E-state index contributed by atoms with van der Waals surface area (Å²) < 4.78 is 10.8. The summed E-state index contributed by atoms with van der Waals surface area (Å²) in [7, 11) is 0. The van der Waals surface area contributed by atoms with E-state index in [-0.39, 0.29) is 5.91 Å². The summed E-state index contributed by atoms with van der Waals surface area (Å²) in [5.41, 5.74) is 2.64. The highest BCUT2D eigenvalue weighted by atomic mass is 16.5. The predicted octanol–water partition coefficient (Wildman–Crippen LogP) is 4.45. The van der Waals surface area contributed by atoms with Crippen LogP contribution in [-0.2, 0) is 0 Å². The highest BCUT2D eigenvalue weighted by Crippen LogP contribution is 2.25. The summed E-state index contributed by atoms with van der Waals surface area (Å²) in [6.07, 6.45) is 3.14. The second-order valence-corrected chi connectivity index (χ2v) is 6.16. The van der Waals surface area contributed by atoms with Gasteiger partial charge >= 0.3 is 0 Å². The first-order valence-corrected chi connectivity index (χ1v) is 9.11. The molecule has 0 bridgehead atoms. The maximum absolute atomic E-state index is 12.3. The Balaban J connectivity index is 1.52. The summed E-state index contributed by atoms with van der Waals surface area (Å²) in [5.74, 6) is 1.39. The lowest BCUT2D eigenvalue weighted by Crippen LogP contribution is -2.11. The highest BCUT2D eigenvalue weighted by Gasteiger charge is 2.12. The molecule has 2 aromatic carbocycles. The van der Waals surface area contributed by atoms with Gasteiger partial charge in [0.2, 0.25) is 5.82 Å². The van der Waals surface area contributed by atoms with Crippen molar-refractivity contribution in [1.29, 1.82) is 0 Å². The molecule has 4 aromatic rings. The van der Waals surface area contributed by atoms with E-state index < -0.39 is 0 Å². The highest BCUT2D eigenvalue weighted by molar-refractivity contribution is 6.04. The molecular weight excluding hydrogens is 368 g/mol. The Kier molecular flexibility index (Phi) is 5.29. The summed E-state index contributed by atoms with van der Waals surface area (Å²) in [4.78, 5) is 20.7. The number of ether oxygens (including phenoxy) is 1. The molecule has 0 atom stereocenters. The summed E-state index contributed by atoms with van der Waals surface area (Å²) >= 11 is 0. The molecule has 2 heterocycles. The fraction of sp³-hybridized carbons (Fsp3) is 0.0909. The Morgan fingerprint density at radius 3 is 2.69 bits per heavy atom. The number of anilines is 1. The maximum atomic E-state index is 12.3. The number of benzene rings is 2. The zero-order chi connectivity index (χ0) is 20.1. The van der Waals surface area contributed by atoms with Gasteiger partial charge in [-0.3, -0.25) is 9.78 Å². The van der Waals surface area contributed by atoms with Gasteiger partial charge in [0, 0.05) is 29.2 Å². The van der Waals surface area contributed by atoms with E-state index >= 15 is 0 Å². The van der Waals surface area contributed by atoms with Gasteiger partial charge in [-0.05, 0) is 55.5 Å². The van der Waals surface area contributed by atoms with Gasteiger partial charge in [0.05, 0.1) is 12.2 Å². The van der Waals surface area contributed by atoms with E-state index in [4.69, 9.17) is 9.26 Å². The van der Waals surface area contributed by atoms with Crippen molar-refractivity contribution in [2.24, 2.45) is 0 Å². The second kappa shape index (κ2) is 8.35. The van der Waals surface area contributed by atoms with E-state index in [1.807, 2.05) is 43.3 Å². The number of rotatable bonds is 6. The summed E-state index contributed by atoms with van der Waals surface area (Å²) in [6.45, 7) is 2.54. The van der Waals surface area contributed by atoms with Gasteiger partial charge in [0.25, 0.3) is 11.8 Å². The van der Waals surface area contributed by atoms with Gasteiger partial charge in [0.15, 0.2) is 0 Å². The fourth-order valence-electron chi connectivity index (χ4n) is 2.75. The molecule has 0 saturated heterocycles. The van der Waals surface area contributed by atoms with Crippen LogP contribution in [-0.4, -0.2) is 27.6 Å². The Hall–Kier alpha value is -4.00. The molecule has 144 valence electrons. The molecule has 2 aromatic heterocycles. The first-order valence-electron chi connectivity index (χ1n) is 9.11. The van der Waals surface area contributed by atoms with E-state index in [1.165, 1.54) is 6.20 Å². The van der Waals surface area contributed by atoms with Crippen molar-refractivity contribution in [3.8, 4) is 28.6 Å². The zero-order valence-corrected chi connectivity index (χ0v) is 15.7. The Morgan fingerprint density at radius 2 is 1.93 bits per heavy atom. The van der Waals surface area contributed by atoms with Crippen LogP contribution in [0.15, 0.2) is 77.6 Å². The minimum atomic E-state index is -0.238. The number of carbonyl (C=O) groups excluding carboxylic acids is 1. The lowest BCUT2D eigenvalue weighted by Gasteiger charge is -2.05. The fourth-order valence-corrected chi connectivity index (χ4v) is 2.75. The molecule has 0 saturated carbocycles. The van der Waals surface area contributed by atoms with Crippen LogP contribution in [0.3, 0.4) is 0 Å². The molecule has 1 amide bonds. The smallest absolute Gasteiger partial charge is 0.258 e. The maximum Gasteiger partial charge on any atom is 0.258 e. The third kappa shape index (κ3) is 4.30. The molecule has 0 radical (unpaired) electrons. The molecule has 7 heteroatoms. The van der Waals surface area contributed by atoms with Crippen LogP contribution in [0.2, 0.25) is 0 Å². The molecule has 0 unspecified atom stereocenters. The van der Waals surface area contributed by atoms with Gasteiger partial charge in [-0.15, -0.1) is 0 Å². The number of nitrogens with one attached hydrogen (secondary N) is 1. The van der Waals surface area contributed by atoms with Crippen molar-refractivity contribution in [3.63, 3.8) is 0 Å².